The Balaban J connectivity index is 1.97. The molecular weight excluding hydrogens is 418 g/mol. The molecule has 1 aromatic rings. The molecule has 3 rings (SSSR count). The van der Waals surface area contributed by atoms with Crippen molar-refractivity contribution >= 4 is 30.2 Å². The minimum absolute atomic E-state index is 0.119. The molecular formula is C22H34BrNO2Si. The number of carbonyl (C=O) groups is 1. The number of hydrogen-bond donors (Lipinski definition) is 0. The molecule has 3 nitrogen and oxygen atoms in total. The first-order valence-corrected chi connectivity index (χ1v) is 13.8. The van der Waals surface area contributed by atoms with Crippen molar-refractivity contribution in [2.45, 2.75) is 95.6 Å². The molecule has 0 aliphatic carbocycles. The fourth-order valence-electron chi connectivity index (χ4n) is 4.79. The van der Waals surface area contributed by atoms with Crippen LogP contribution in [0.4, 0.5) is 0 Å². The van der Waals surface area contributed by atoms with Crippen LogP contribution in [-0.4, -0.2) is 30.8 Å². The highest BCUT2D eigenvalue weighted by Gasteiger charge is 2.59. The second kappa shape index (κ2) is 6.70. The summed E-state index contributed by atoms with van der Waals surface area (Å²) < 4.78 is 7.98. The van der Waals surface area contributed by atoms with E-state index in [1.807, 2.05) is 6.07 Å². The van der Waals surface area contributed by atoms with E-state index in [4.69, 9.17) is 4.43 Å². The SMILES string of the molecule is CC(C)(O[Si](C)(C)C(C)(C)C)[C@H]1CC[C@]2(c3ccccc3Br)CCC(=O)N12. The molecule has 0 aromatic heterocycles. The summed E-state index contributed by atoms with van der Waals surface area (Å²) in [6, 6.07) is 8.52. The van der Waals surface area contributed by atoms with Gasteiger partial charge in [0.1, 0.15) is 0 Å². The van der Waals surface area contributed by atoms with Crippen LogP contribution in [0.15, 0.2) is 28.7 Å². The highest BCUT2D eigenvalue weighted by atomic mass is 79.9. The fourth-order valence-corrected chi connectivity index (χ4v) is 7.20. The summed E-state index contributed by atoms with van der Waals surface area (Å²) in [6.07, 6.45) is 3.54. The Morgan fingerprint density at radius 2 is 1.78 bits per heavy atom. The van der Waals surface area contributed by atoms with E-state index >= 15 is 0 Å². The van der Waals surface area contributed by atoms with Crippen molar-refractivity contribution in [2.75, 3.05) is 0 Å². The maximum Gasteiger partial charge on any atom is 0.223 e. The normalized spacial score (nSPS) is 26.6. The topological polar surface area (TPSA) is 29.5 Å². The molecule has 2 saturated heterocycles. The third kappa shape index (κ3) is 3.44. The lowest BCUT2D eigenvalue weighted by Gasteiger charge is -2.48. The molecule has 2 aliphatic heterocycles. The molecule has 150 valence electrons. The van der Waals surface area contributed by atoms with Crippen LogP contribution in [0.25, 0.3) is 0 Å². The van der Waals surface area contributed by atoms with Crippen LogP contribution in [-0.2, 0) is 14.8 Å². The van der Waals surface area contributed by atoms with Crippen LogP contribution in [0.3, 0.4) is 0 Å². The summed E-state index contributed by atoms with van der Waals surface area (Å²) in [5, 5.41) is 0.150. The zero-order valence-corrected chi connectivity index (χ0v) is 20.4. The fraction of sp³-hybridized carbons (Fsp3) is 0.682. The Morgan fingerprint density at radius 1 is 1.15 bits per heavy atom. The Hall–Kier alpha value is -0.653. The van der Waals surface area contributed by atoms with Crippen molar-refractivity contribution in [1.82, 2.24) is 4.90 Å². The summed E-state index contributed by atoms with van der Waals surface area (Å²) in [4.78, 5) is 15.2. The van der Waals surface area contributed by atoms with Crippen molar-refractivity contribution in [1.29, 1.82) is 0 Å². The minimum Gasteiger partial charge on any atom is -0.410 e. The standard InChI is InChI=1S/C22H34BrNO2Si/c1-20(2,3)27(6,7)26-21(4,5)18-12-14-22(15-13-19(25)24(18)22)16-10-8-9-11-17(16)23/h8-11,18H,12-15H2,1-7H3/t18-,22-/m1/s1. The van der Waals surface area contributed by atoms with E-state index in [2.05, 4.69) is 86.7 Å². The van der Waals surface area contributed by atoms with Crippen LogP contribution in [0.2, 0.25) is 18.1 Å². The van der Waals surface area contributed by atoms with Crippen molar-refractivity contribution in [3.05, 3.63) is 34.3 Å². The zero-order chi connectivity index (χ0) is 20.3. The van der Waals surface area contributed by atoms with E-state index in [0.717, 1.165) is 23.7 Å². The smallest absolute Gasteiger partial charge is 0.223 e. The van der Waals surface area contributed by atoms with E-state index in [0.29, 0.717) is 6.42 Å². The third-order valence-corrected chi connectivity index (χ3v) is 12.5. The summed E-state index contributed by atoms with van der Waals surface area (Å²) in [6.45, 7) is 15.8. The quantitative estimate of drug-likeness (QED) is 0.507. The number of hydrogen-bond acceptors (Lipinski definition) is 2. The first-order chi connectivity index (χ1) is 12.3. The first kappa shape index (κ1) is 21.1. The van der Waals surface area contributed by atoms with Crippen molar-refractivity contribution in [3.63, 3.8) is 0 Å². The molecule has 1 amide bonds. The van der Waals surface area contributed by atoms with Gasteiger partial charge in [0.15, 0.2) is 8.32 Å². The van der Waals surface area contributed by atoms with Crippen LogP contribution in [0, 0.1) is 0 Å². The molecule has 2 atom stereocenters. The molecule has 2 fully saturated rings. The average Bonchev–Trinajstić information content (AvgIpc) is 3.05. The largest absolute Gasteiger partial charge is 0.410 e. The maximum atomic E-state index is 13.0. The average molecular weight is 453 g/mol. The van der Waals surface area contributed by atoms with Gasteiger partial charge in [-0.3, -0.25) is 4.79 Å². The molecule has 0 N–H and O–H groups in total. The third-order valence-electron chi connectivity index (χ3n) is 7.13. The number of benzene rings is 1. The first-order valence-electron chi connectivity index (χ1n) is 10.1. The summed E-state index contributed by atoms with van der Waals surface area (Å²) in [5.74, 6) is 0.278. The Labute approximate surface area is 174 Å². The van der Waals surface area contributed by atoms with Crippen LogP contribution >= 0.6 is 15.9 Å². The lowest BCUT2D eigenvalue weighted by molar-refractivity contribution is -0.136. The molecule has 27 heavy (non-hydrogen) atoms. The Bertz CT molecular complexity index is 740. The molecule has 0 radical (unpaired) electrons. The number of nitrogens with zero attached hydrogens (tertiary/aromatic N) is 1. The molecule has 2 heterocycles. The predicted octanol–water partition coefficient (Wildman–Crippen LogP) is 6.23. The number of halogens is 1. The molecule has 0 saturated carbocycles. The van der Waals surface area contributed by atoms with Gasteiger partial charge in [-0.15, -0.1) is 0 Å². The van der Waals surface area contributed by atoms with Crippen molar-refractivity contribution in [2.24, 2.45) is 0 Å². The lowest BCUT2D eigenvalue weighted by atomic mass is 9.86. The van der Waals surface area contributed by atoms with Crippen molar-refractivity contribution < 1.29 is 9.22 Å². The van der Waals surface area contributed by atoms with E-state index in [1.165, 1.54) is 5.56 Å². The van der Waals surface area contributed by atoms with Gasteiger partial charge in [0.05, 0.1) is 17.2 Å². The van der Waals surface area contributed by atoms with E-state index < -0.39 is 8.32 Å². The molecule has 2 aliphatic rings. The Kier molecular flexibility index (Phi) is 5.23. The van der Waals surface area contributed by atoms with Gasteiger partial charge in [-0.05, 0) is 62.9 Å². The zero-order valence-electron chi connectivity index (χ0n) is 17.9. The number of rotatable bonds is 4. The maximum absolute atomic E-state index is 13.0. The van der Waals surface area contributed by atoms with Gasteiger partial charge in [0, 0.05) is 10.9 Å². The molecule has 0 spiro atoms. The number of amides is 1. The molecule has 0 bridgehead atoms. The van der Waals surface area contributed by atoms with Gasteiger partial charge in [0.25, 0.3) is 0 Å². The van der Waals surface area contributed by atoms with E-state index in [1.54, 1.807) is 0 Å². The lowest BCUT2D eigenvalue weighted by Crippen LogP contribution is -2.57. The second-order valence-electron chi connectivity index (χ2n) is 10.3. The summed E-state index contributed by atoms with van der Waals surface area (Å²) in [7, 11) is -1.94. The van der Waals surface area contributed by atoms with Crippen LogP contribution in [0.5, 0.6) is 0 Å². The number of fused-ring (bicyclic) bond motifs is 1. The monoisotopic (exact) mass is 451 g/mol. The summed E-state index contributed by atoms with van der Waals surface area (Å²) >= 11 is 3.74. The van der Waals surface area contributed by atoms with Gasteiger partial charge in [-0.1, -0.05) is 54.9 Å². The minimum atomic E-state index is -1.94. The van der Waals surface area contributed by atoms with Gasteiger partial charge in [-0.2, -0.15) is 0 Å². The van der Waals surface area contributed by atoms with Crippen molar-refractivity contribution in [3.8, 4) is 0 Å². The van der Waals surface area contributed by atoms with Gasteiger partial charge in [-0.25, -0.2) is 0 Å². The van der Waals surface area contributed by atoms with Crippen LogP contribution < -0.4 is 0 Å². The highest BCUT2D eigenvalue weighted by Crippen LogP contribution is 2.54. The molecule has 5 heteroatoms. The molecule has 0 unspecified atom stereocenters. The second-order valence-corrected chi connectivity index (χ2v) is 15.9. The number of carbonyl (C=O) groups excluding carboxylic acids is 1. The predicted molar refractivity (Wildman–Crippen MR) is 117 cm³/mol. The summed E-state index contributed by atoms with van der Waals surface area (Å²) in [5.41, 5.74) is 0.712. The van der Waals surface area contributed by atoms with Gasteiger partial charge < -0.3 is 9.33 Å². The van der Waals surface area contributed by atoms with Gasteiger partial charge in [0.2, 0.25) is 5.91 Å². The highest BCUT2D eigenvalue weighted by molar-refractivity contribution is 9.10. The van der Waals surface area contributed by atoms with Gasteiger partial charge >= 0.3 is 0 Å². The molecule has 1 aromatic carbocycles. The van der Waals surface area contributed by atoms with E-state index in [9.17, 15) is 4.79 Å². The van der Waals surface area contributed by atoms with Crippen LogP contribution in [0.1, 0.15) is 65.9 Å². The Morgan fingerprint density at radius 3 is 2.37 bits per heavy atom. The van der Waals surface area contributed by atoms with E-state index in [-0.39, 0.29) is 28.1 Å².